The van der Waals surface area contributed by atoms with Gasteiger partial charge in [-0.25, -0.2) is 0 Å². The second kappa shape index (κ2) is 6.09. The van der Waals surface area contributed by atoms with E-state index in [2.05, 4.69) is 49.2 Å². The molecule has 1 aromatic carbocycles. The number of nitrogens with one attached hydrogen (secondary N) is 1. The molecule has 1 amide bonds. The highest BCUT2D eigenvalue weighted by Gasteiger charge is 2.26. The predicted molar refractivity (Wildman–Crippen MR) is 79.4 cm³/mol. The number of fused-ring (bicyclic) bond motifs is 1. The molecule has 0 saturated heterocycles. The van der Waals surface area contributed by atoms with Gasteiger partial charge in [0.1, 0.15) is 0 Å². The summed E-state index contributed by atoms with van der Waals surface area (Å²) in [6, 6.07) is 8.79. The Morgan fingerprint density at radius 1 is 1.42 bits per heavy atom. The van der Waals surface area contributed by atoms with Gasteiger partial charge in [0, 0.05) is 18.3 Å². The van der Waals surface area contributed by atoms with E-state index in [1.165, 1.54) is 11.3 Å². The maximum atomic E-state index is 12.0. The third-order valence-electron chi connectivity index (χ3n) is 3.71. The van der Waals surface area contributed by atoms with Crippen LogP contribution in [-0.2, 0) is 11.2 Å². The third kappa shape index (κ3) is 3.49. The second-order valence-electron chi connectivity index (χ2n) is 5.84. The lowest BCUT2D eigenvalue weighted by atomic mass is 10.1. The molecule has 3 heteroatoms. The van der Waals surface area contributed by atoms with Gasteiger partial charge in [-0.1, -0.05) is 32.0 Å². The predicted octanol–water partition coefficient (Wildman–Crippen LogP) is 2.60. The van der Waals surface area contributed by atoms with Gasteiger partial charge >= 0.3 is 0 Å². The minimum atomic E-state index is 0.129. The number of para-hydroxylation sites is 1. The number of carbonyl (C=O) groups excluding carboxylic acids is 1. The van der Waals surface area contributed by atoms with E-state index in [4.69, 9.17) is 0 Å². The monoisotopic (exact) mass is 260 g/mol. The largest absolute Gasteiger partial charge is 0.359 e. The molecule has 0 radical (unpaired) electrons. The number of carbonyl (C=O) groups is 1. The Morgan fingerprint density at radius 3 is 2.89 bits per heavy atom. The van der Waals surface area contributed by atoms with Crippen molar-refractivity contribution in [3.05, 3.63) is 29.8 Å². The topological polar surface area (TPSA) is 32.3 Å². The average molecular weight is 260 g/mol. The van der Waals surface area contributed by atoms with Crippen LogP contribution in [0.1, 0.15) is 32.8 Å². The number of benzene rings is 1. The number of nitrogens with zero attached hydrogens (tertiary/aromatic N) is 1. The standard InChI is InChI=1S/C16H24N2O/c1-12(2)8-9-17-16(19)11-18-13(3)10-14-6-4-5-7-15(14)18/h4-7,12-13H,8-11H2,1-3H3,(H,17,19). The molecule has 2 rings (SSSR count). The third-order valence-corrected chi connectivity index (χ3v) is 3.71. The summed E-state index contributed by atoms with van der Waals surface area (Å²) in [7, 11) is 0. The lowest BCUT2D eigenvalue weighted by Crippen LogP contribution is -2.40. The van der Waals surface area contributed by atoms with Gasteiger partial charge in [-0.05, 0) is 37.3 Å². The fourth-order valence-electron chi connectivity index (χ4n) is 2.58. The van der Waals surface area contributed by atoms with E-state index in [9.17, 15) is 4.79 Å². The maximum absolute atomic E-state index is 12.0. The molecule has 1 unspecified atom stereocenters. The van der Waals surface area contributed by atoms with Crippen molar-refractivity contribution < 1.29 is 4.79 Å². The van der Waals surface area contributed by atoms with E-state index in [1.807, 2.05) is 6.07 Å². The minimum Gasteiger partial charge on any atom is -0.359 e. The summed E-state index contributed by atoms with van der Waals surface area (Å²) in [6.07, 6.45) is 2.08. The number of hydrogen-bond acceptors (Lipinski definition) is 2. The molecule has 0 aliphatic carbocycles. The summed E-state index contributed by atoms with van der Waals surface area (Å²) < 4.78 is 0. The zero-order valence-electron chi connectivity index (χ0n) is 12.1. The van der Waals surface area contributed by atoms with E-state index in [1.54, 1.807) is 0 Å². The molecule has 0 spiro atoms. The molecule has 0 fully saturated rings. The van der Waals surface area contributed by atoms with E-state index in [-0.39, 0.29) is 5.91 Å². The molecule has 19 heavy (non-hydrogen) atoms. The number of hydrogen-bond donors (Lipinski definition) is 1. The number of anilines is 1. The fourth-order valence-corrected chi connectivity index (χ4v) is 2.58. The molecule has 1 aliphatic heterocycles. The normalized spacial score (nSPS) is 17.7. The molecule has 3 nitrogen and oxygen atoms in total. The van der Waals surface area contributed by atoms with Crippen molar-refractivity contribution in [1.82, 2.24) is 5.32 Å². The van der Waals surface area contributed by atoms with Gasteiger partial charge in [0.25, 0.3) is 0 Å². The second-order valence-corrected chi connectivity index (χ2v) is 5.84. The van der Waals surface area contributed by atoms with Gasteiger partial charge in [0.05, 0.1) is 6.54 Å². The number of rotatable bonds is 5. The SMILES string of the molecule is CC(C)CCNC(=O)CN1c2ccccc2CC1C. The van der Waals surface area contributed by atoms with Gasteiger partial charge in [-0.3, -0.25) is 4.79 Å². The molecule has 1 atom stereocenters. The Labute approximate surface area is 116 Å². The van der Waals surface area contributed by atoms with Crippen LogP contribution in [0.3, 0.4) is 0 Å². The lowest BCUT2D eigenvalue weighted by molar-refractivity contribution is -0.119. The van der Waals surface area contributed by atoms with Gasteiger partial charge in [-0.15, -0.1) is 0 Å². The van der Waals surface area contributed by atoms with E-state index >= 15 is 0 Å². The minimum absolute atomic E-state index is 0.129. The van der Waals surface area contributed by atoms with Crippen molar-refractivity contribution in [2.24, 2.45) is 5.92 Å². The van der Waals surface area contributed by atoms with Crippen molar-refractivity contribution in [3.63, 3.8) is 0 Å². The molecule has 1 heterocycles. The summed E-state index contributed by atoms with van der Waals surface area (Å²) in [5.41, 5.74) is 2.57. The Bertz CT molecular complexity index is 442. The van der Waals surface area contributed by atoms with Crippen LogP contribution in [0.25, 0.3) is 0 Å². The Hall–Kier alpha value is -1.51. The van der Waals surface area contributed by atoms with E-state index < -0.39 is 0 Å². The first-order chi connectivity index (χ1) is 9.08. The Kier molecular flexibility index (Phi) is 4.46. The van der Waals surface area contributed by atoms with Crippen LogP contribution in [0.2, 0.25) is 0 Å². The van der Waals surface area contributed by atoms with Crippen LogP contribution < -0.4 is 10.2 Å². The molecule has 0 saturated carbocycles. The first-order valence-electron chi connectivity index (χ1n) is 7.19. The first kappa shape index (κ1) is 13.9. The molecular weight excluding hydrogens is 236 g/mol. The zero-order chi connectivity index (χ0) is 13.8. The molecule has 0 aromatic heterocycles. The molecule has 0 bridgehead atoms. The first-order valence-corrected chi connectivity index (χ1v) is 7.19. The highest BCUT2D eigenvalue weighted by Crippen LogP contribution is 2.31. The van der Waals surface area contributed by atoms with Crippen LogP contribution in [0, 0.1) is 5.92 Å². The van der Waals surface area contributed by atoms with Crippen molar-refractivity contribution in [1.29, 1.82) is 0 Å². The zero-order valence-corrected chi connectivity index (χ0v) is 12.1. The molecule has 104 valence electrons. The number of amides is 1. The quantitative estimate of drug-likeness (QED) is 0.882. The summed E-state index contributed by atoms with van der Waals surface area (Å²) in [4.78, 5) is 14.2. The highest BCUT2D eigenvalue weighted by molar-refractivity contribution is 5.82. The van der Waals surface area contributed by atoms with Crippen LogP contribution in [0.5, 0.6) is 0 Å². The summed E-state index contributed by atoms with van der Waals surface area (Å²) in [5.74, 6) is 0.760. The lowest BCUT2D eigenvalue weighted by Gasteiger charge is -2.24. The average Bonchev–Trinajstić information content (AvgIpc) is 2.66. The van der Waals surface area contributed by atoms with Crippen LogP contribution >= 0.6 is 0 Å². The van der Waals surface area contributed by atoms with Crippen molar-refractivity contribution in [2.45, 2.75) is 39.7 Å². The molecule has 1 aliphatic rings. The summed E-state index contributed by atoms with van der Waals surface area (Å²) in [5, 5.41) is 3.01. The maximum Gasteiger partial charge on any atom is 0.239 e. The summed E-state index contributed by atoms with van der Waals surface area (Å²) >= 11 is 0. The van der Waals surface area contributed by atoms with E-state index in [0.717, 1.165) is 19.4 Å². The van der Waals surface area contributed by atoms with Crippen LogP contribution in [0.15, 0.2) is 24.3 Å². The smallest absolute Gasteiger partial charge is 0.239 e. The van der Waals surface area contributed by atoms with Crippen LogP contribution in [-0.4, -0.2) is 25.0 Å². The van der Waals surface area contributed by atoms with Gasteiger partial charge in [0.15, 0.2) is 0 Å². The van der Waals surface area contributed by atoms with Crippen LogP contribution in [0.4, 0.5) is 5.69 Å². The fraction of sp³-hybridized carbons (Fsp3) is 0.562. The highest BCUT2D eigenvalue weighted by atomic mass is 16.2. The van der Waals surface area contributed by atoms with Gasteiger partial charge in [0.2, 0.25) is 5.91 Å². The van der Waals surface area contributed by atoms with Gasteiger partial charge < -0.3 is 10.2 Å². The Balaban J connectivity index is 1.90. The van der Waals surface area contributed by atoms with Crippen molar-refractivity contribution in [2.75, 3.05) is 18.0 Å². The molecule has 1 aromatic rings. The molecular formula is C16H24N2O. The molecule has 1 N–H and O–H groups in total. The van der Waals surface area contributed by atoms with Gasteiger partial charge in [-0.2, -0.15) is 0 Å². The van der Waals surface area contributed by atoms with Crippen molar-refractivity contribution in [3.8, 4) is 0 Å². The van der Waals surface area contributed by atoms with E-state index in [0.29, 0.717) is 18.5 Å². The van der Waals surface area contributed by atoms with Crippen molar-refractivity contribution >= 4 is 11.6 Å². The summed E-state index contributed by atoms with van der Waals surface area (Å²) in [6.45, 7) is 7.77. The Morgan fingerprint density at radius 2 is 2.16 bits per heavy atom.